The van der Waals surface area contributed by atoms with Crippen LogP contribution in [0, 0.1) is 0 Å². The number of carbonyl (C=O) groups is 2. The Labute approximate surface area is 138 Å². The lowest BCUT2D eigenvalue weighted by Gasteiger charge is -2.16. The number of fused-ring (bicyclic) bond motifs is 1. The second-order valence-electron chi connectivity index (χ2n) is 5.96. The van der Waals surface area contributed by atoms with Crippen molar-refractivity contribution in [2.24, 2.45) is 7.05 Å². The molecule has 3 N–H and O–H groups in total. The van der Waals surface area contributed by atoms with E-state index in [1.807, 2.05) is 22.6 Å². The van der Waals surface area contributed by atoms with E-state index in [2.05, 4.69) is 10.3 Å². The number of β-amino-alcohol motifs (C(OH)–C–C–N with tert-alkyl or cyclic N) is 1. The number of amides is 1. The van der Waals surface area contributed by atoms with Crippen LogP contribution in [0.25, 0.3) is 11.0 Å². The summed E-state index contributed by atoms with van der Waals surface area (Å²) in [6.07, 6.45) is 0.278. The number of carboxylic acids is 1. The number of hydrogen-bond donors (Lipinski definition) is 3. The number of rotatable bonds is 5. The van der Waals surface area contributed by atoms with E-state index in [9.17, 15) is 14.7 Å². The molecule has 0 bridgehead atoms. The number of aromatic nitrogens is 2. The van der Waals surface area contributed by atoms with Crippen LogP contribution in [0.15, 0.2) is 18.2 Å². The van der Waals surface area contributed by atoms with E-state index in [1.165, 1.54) is 0 Å². The Morgan fingerprint density at radius 1 is 1.42 bits per heavy atom. The second-order valence-corrected chi connectivity index (χ2v) is 5.96. The van der Waals surface area contributed by atoms with Gasteiger partial charge in [-0.3, -0.25) is 9.59 Å². The molecule has 3 rings (SSSR count). The van der Waals surface area contributed by atoms with Crippen molar-refractivity contribution in [3.05, 3.63) is 23.8 Å². The number of hydrogen-bond acceptors (Lipinski definition) is 5. The van der Waals surface area contributed by atoms with Gasteiger partial charge in [0.2, 0.25) is 5.95 Å². The summed E-state index contributed by atoms with van der Waals surface area (Å²) in [5, 5.41) is 20.9. The molecule has 1 aromatic heterocycles. The maximum atomic E-state index is 12.1. The molecule has 1 atom stereocenters. The summed E-state index contributed by atoms with van der Waals surface area (Å²) in [6, 6.07) is 5.22. The number of imidazole rings is 1. The number of nitrogens with one attached hydrogen (secondary N) is 1. The zero-order valence-corrected chi connectivity index (χ0v) is 13.4. The lowest BCUT2D eigenvalue weighted by atomic mass is 10.2. The van der Waals surface area contributed by atoms with Crippen molar-refractivity contribution in [2.75, 3.05) is 24.5 Å². The SMILES string of the molecule is Cn1c(N2CC[C@H](O)C2)nc2cc(C(=O)NCCC(=O)O)ccc21. The summed E-state index contributed by atoms with van der Waals surface area (Å²) >= 11 is 0. The molecule has 8 nitrogen and oxygen atoms in total. The molecule has 1 fully saturated rings. The molecule has 1 aliphatic heterocycles. The molecular weight excluding hydrogens is 312 g/mol. The minimum absolute atomic E-state index is 0.0886. The Balaban J connectivity index is 1.81. The maximum absolute atomic E-state index is 12.1. The first-order valence-electron chi connectivity index (χ1n) is 7.85. The molecule has 0 saturated carbocycles. The minimum Gasteiger partial charge on any atom is -0.481 e. The van der Waals surface area contributed by atoms with Gasteiger partial charge in [0.05, 0.1) is 23.6 Å². The number of anilines is 1. The maximum Gasteiger partial charge on any atom is 0.305 e. The lowest BCUT2D eigenvalue weighted by Crippen LogP contribution is -2.25. The summed E-state index contributed by atoms with van der Waals surface area (Å²) in [4.78, 5) is 29.2. The smallest absolute Gasteiger partial charge is 0.305 e. The predicted octanol–water partition coefficient (Wildman–Crippen LogP) is 0.349. The first-order valence-corrected chi connectivity index (χ1v) is 7.85. The molecular formula is C16H20N4O4. The first-order chi connectivity index (χ1) is 11.5. The van der Waals surface area contributed by atoms with E-state index in [4.69, 9.17) is 5.11 Å². The van der Waals surface area contributed by atoms with Crippen LogP contribution in [0.5, 0.6) is 0 Å². The van der Waals surface area contributed by atoms with Gasteiger partial charge in [0.15, 0.2) is 0 Å². The van der Waals surface area contributed by atoms with Gasteiger partial charge in [-0.1, -0.05) is 0 Å². The van der Waals surface area contributed by atoms with E-state index >= 15 is 0 Å². The second kappa shape index (κ2) is 6.48. The zero-order valence-electron chi connectivity index (χ0n) is 13.4. The molecule has 128 valence electrons. The summed E-state index contributed by atoms with van der Waals surface area (Å²) in [6.45, 7) is 1.39. The van der Waals surface area contributed by atoms with Crippen molar-refractivity contribution >= 4 is 28.9 Å². The standard InChI is InChI=1S/C16H20N4O4/c1-19-13-3-2-10(15(24)17-6-4-14(22)23)8-12(13)18-16(19)20-7-5-11(21)9-20/h2-3,8,11,21H,4-7,9H2,1H3,(H,17,24)(H,22,23)/t11-/m0/s1. The molecule has 0 aliphatic carbocycles. The van der Waals surface area contributed by atoms with Crippen molar-refractivity contribution in [3.63, 3.8) is 0 Å². The van der Waals surface area contributed by atoms with Gasteiger partial charge in [0, 0.05) is 32.2 Å². The van der Waals surface area contributed by atoms with Crippen molar-refractivity contribution < 1.29 is 19.8 Å². The monoisotopic (exact) mass is 332 g/mol. The van der Waals surface area contributed by atoms with Gasteiger partial charge in [-0.05, 0) is 24.6 Å². The molecule has 2 heterocycles. The van der Waals surface area contributed by atoms with Gasteiger partial charge >= 0.3 is 5.97 Å². The van der Waals surface area contributed by atoms with Crippen LogP contribution in [-0.2, 0) is 11.8 Å². The number of carboxylic acid groups (broad SMARTS) is 1. The number of nitrogens with zero attached hydrogens (tertiary/aromatic N) is 3. The Bertz CT molecular complexity index is 786. The highest BCUT2D eigenvalue weighted by Gasteiger charge is 2.24. The van der Waals surface area contributed by atoms with E-state index in [0.29, 0.717) is 17.6 Å². The molecule has 1 amide bonds. The lowest BCUT2D eigenvalue weighted by molar-refractivity contribution is -0.136. The number of aliphatic hydroxyl groups excluding tert-OH is 1. The molecule has 1 saturated heterocycles. The fourth-order valence-electron chi connectivity index (χ4n) is 2.92. The fraction of sp³-hybridized carbons (Fsp3) is 0.438. The third-order valence-electron chi connectivity index (χ3n) is 4.19. The molecule has 8 heteroatoms. The molecule has 0 unspecified atom stereocenters. The van der Waals surface area contributed by atoms with Crippen molar-refractivity contribution in [3.8, 4) is 0 Å². The Morgan fingerprint density at radius 2 is 2.21 bits per heavy atom. The average molecular weight is 332 g/mol. The van der Waals surface area contributed by atoms with Crippen LogP contribution >= 0.6 is 0 Å². The number of benzene rings is 1. The third-order valence-corrected chi connectivity index (χ3v) is 4.19. The highest BCUT2D eigenvalue weighted by atomic mass is 16.4. The number of carbonyl (C=O) groups excluding carboxylic acids is 1. The van der Waals surface area contributed by atoms with Crippen LogP contribution < -0.4 is 10.2 Å². The molecule has 24 heavy (non-hydrogen) atoms. The van der Waals surface area contributed by atoms with E-state index in [1.54, 1.807) is 12.1 Å². The summed E-state index contributed by atoms with van der Waals surface area (Å²) in [7, 11) is 1.90. The minimum atomic E-state index is -0.951. The Hall–Kier alpha value is -2.61. The van der Waals surface area contributed by atoms with Crippen molar-refractivity contribution in [2.45, 2.75) is 18.9 Å². The molecule has 0 radical (unpaired) electrons. The predicted molar refractivity (Wildman–Crippen MR) is 88.1 cm³/mol. The summed E-state index contributed by atoms with van der Waals surface area (Å²) in [5.74, 6) is -0.500. The Morgan fingerprint density at radius 3 is 2.88 bits per heavy atom. The summed E-state index contributed by atoms with van der Waals surface area (Å²) < 4.78 is 1.94. The Kier molecular flexibility index (Phi) is 4.39. The summed E-state index contributed by atoms with van der Waals surface area (Å²) in [5.41, 5.74) is 2.03. The topological polar surface area (TPSA) is 108 Å². The van der Waals surface area contributed by atoms with Gasteiger partial charge in [0.25, 0.3) is 5.91 Å². The van der Waals surface area contributed by atoms with Crippen LogP contribution in [0.3, 0.4) is 0 Å². The largest absolute Gasteiger partial charge is 0.481 e. The van der Waals surface area contributed by atoms with E-state index in [0.717, 1.165) is 24.4 Å². The van der Waals surface area contributed by atoms with Gasteiger partial charge in [-0.2, -0.15) is 0 Å². The first kappa shape index (κ1) is 16.3. The number of aryl methyl sites for hydroxylation is 1. The van der Waals surface area contributed by atoms with Crippen molar-refractivity contribution in [1.82, 2.24) is 14.9 Å². The fourth-order valence-corrected chi connectivity index (χ4v) is 2.92. The highest BCUT2D eigenvalue weighted by molar-refractivity contribution is 5.97. The van der Waals surface area contributed by atoms with Gasteiger partial charge in [-0.25, -0.2) is 4.98 Å². The van der Waals surface area contributed by atoms with Gasteiger partial charge < -0.3 is 25.0 Å². The van der Waals surface area contributed by atoms with E-state index < -0.39 is 5.97 Å². The van der Waals surface area contributed by atoms with Crippen LogP contribution in [0.1, 0.15) is 23.2 Å². The molecule has 2 aromatic rings. The van der Waals surface area contributed by atoms with Crippen LogP contribution in [0.4, 0.5) is 5.95 Å². The van der Waals surface area contributed by atoms with Gasteiger partial charge in [0.1, 0.15) is 0 Å². The normalized spacial score (nSPS) is 17.4. The quantitative estimate of drug-likeness (QED) is 0.729. The third kappa shape index (κ3) is 3.18. The molecule has 1 aromatic carbocycles. The van der Waals surface area contributed by atoms with Gasteiger partial charge in [-0.15, -0.1) is 0 Å². The number of aliphatic carboxylic acids is 1. The van der Waals surface area contributed by atoms with Crippen LogP contribution in [0.2, 0.25) is 0 Å². The van der Waals surface area contributed by atoms with Crippen LogP contribution in [-0.4, -0.2) is 57.4 Å². The van der Waals surface area contributed by atoms with E-state index in [-0.39, 0.29) is 25.0 Å². The molecule has 0 spiro atoms. The number of aliphatic hydroxyl groups is 1. The van der Waals surface area contributed by atoms with Crippen molar-refractivity contribution in [1.29, 1.82) is 0 Å². The zero-order chi connectivity index (χ0) is 17.3. The highest BCUT2D eigenvalue weighted by Crippen LogP contribution is 2.25. The average Bonchev–Trinajstić information content (AvgIpc) is 3.10. The molecule has 1 aliphatic rings.